The summed E-state index contributed by atoms with van der Waals surface area (Å²) in [7, 11) is -4.68. The Labute approximate surface area is 164 Å². The third-order valence-corrected chi connectivity index (χ3v) is 5.17. The topological polar surface area (TPSA) is 172 Å². The highest BCUT2D eigenvalue weighted by atomic mass is 31.2. The largest absolute Gasteiger partial charge is 0.469 e. The van der Waals surface area contributed by atoms with E-state index in [4.69, 9.17) is 14.5 Å². The second-order valence-electron chi connectivity index (χ2n) is 6.77. The Balaban J connectivity index is 1.53. The Bertz CT molecular complexity index is 1070. The predicted octanol–water partition coefficient (Wildman–Crippen LogP) is 0.175. The first-order valence-electron chi connectivity index (χ1n) is 8.89. The Kier molecular flexibility index (Phi) is 5.38. The Hall–Kier alpha value is -2.34. The van der Waals surface area contributed by atoms with Gasteiger partial charge in [0.2, 0.25) is 5.95 Å². The number of nitrogens with one attached hydrogen (secondary N) is 2. The zero-order valence-electron chi connectivity index (χ0n) is 15.1. The molecule has 29 heavy (non-hydrogen) atoms. The van der Waals surface area contributed by atoms with Crippen molar-refractivity contribution < 1.29 is 28.7 Å². The maximum atomic E-state index is 12.3. The molecule has 13 heteroatoms. The van der Waals surface area contributed by atoms with Crippen LogP contribution >= 0.6 is 7.82 Å². The van der Waals surface area contributed by atoms with Gasteiger partial charge in [-0.1, -0.05) is 18.2 Å². The van der Waals surface area contributed by atoms with E-state index in [0.717, 1.165) is 12.0 Å². The zero-order chi connectivity index (χ0) is 20.6. The summed E-state index contributed by atoms with van der Waals surface area (Å²) in [4.78, 5) is 41.1. The molecule has 0 saturated carbocycles. The summed E-state index contributed by atoms with van der Waals surface area (Å²) < 4.78 is 22.5. The van der Waals surface area contributed by atoms with E-state index in [9.17, 15) is 14.5 Å². The Morgan fingerprint density at radius 3 is 3.00 bits per heavy atom. The van der Waals surface area contributed by atoms with Gasteiger partial charge in [0.15, 0.2) is 11.2 Å². The molecule has 0 aromatic carbocycles. The first kappa shape index (κ1) is 20.0. The third kappa shape index (κ3) is 4.47. The van der Waals surface area contributed by atoms with Crippen LogP contribution in [0.25, 0.3) is 11.2 Å². The van der Waals surface area contributed by atoms with Crippen molar-refractivity contribution in [3.8, 4) is 0 Å². The van der Waals surface area contributed by atoms with E-state index < -0.39 is 38.4 Å². The average Bonchev–Trinajstić information content (AvgIpc) is 3.37. The molecule has 4 rings (SSSR count). The second kappa shape index (κ2) is 7.82. The zero-order valence-corrected chi connectivity index (χ0v) is 16.0. The number of ether oxygens (including phenoxy) is 1. The van der Waals surface area contributed by atoms with Crippen molar-refractivity contribution in [3.63, 3.8) is 0 Å². The number of hydrogen-bond donors (Lipinski definition) is 5. The molecule has 2 aromatic rings. The smallest absolute Gasteiger partial charge is 0.390 e. The number of H-pyrrole nitrogens is 1. The van der Waals surface area contributed by atoms with Gasteiger partial charge in [-0.25, -0.2) is 9.55 Å². The lowest BCUT2D eigenvalue weighted by Gasteiger charge is -2.16. The number of fused-ring (bicyclic) bond motifs is 1. The van der Waals surface area contributed by atoms with Crippen LogP contribution in [0.5, 0.6) is 0 Å². The second-order valence-corrected chi connectivity index (χ2v) is 8.01. The van der Waals surface area contributed by atoms with E-state index in [1.165, 1.54) is 10.9 Å². The van der Waals surface area contributed by atoms with Crippen LogP contribution in [0.3, 0.4) is 0 Å². The number of phosphoric ester groups is 1. The lowest BCUT2D eigenvalue weighted by atomic mass is 10.2. The van der Waals surface area contributed by atoms with Gasteiger partial charge in [-0.3, -0.25) is 18.9 Å². The first-order chi connectivity index (χ1) is 13.8. The predicted molar refractivity (Wildman–Crippen MR) is 101 cm³/mol. The van der Waals surface area contributed by atoms with Crippen molar-refractivity contribution >= 4 is 24.9 Å². The molecular weight excluding hydrogens is 405 g/mol. The highest BCUT2D eigenvalue weighted by Gasteiger charge is 2.37. The van der Waals surface area contributed by atoms with Gasteiger partial charge in [-0.05, 0) is 12.0 Å². The standard InChI is InChI=1S/C16H20N5O7P/c22-10-5-12(28-11(10)7-27-29(24,25)26)21-8-18-13-14(21)19-16(20-15(13)23)17-6-9-3-1-2-4-9/h1-3,8,10-12,22H,4-7H2,(H2,24,25,26)(H2,17,19,20,23)/t10-,11+,12+/m0/s1. The molecule has 0 unspecified atom stereocenters. The number of allylic oxidation sites excluding steroid dienone is 3. The van der Waals surface area contributed by atoms with Crippen molar-refractivity contribution in [1.82, 2.24) is 19.5 Å². The van der Waals surface area contributed by atoms with Crippen molar-refractivity contribution in [3.05, 3.63) is 40.5 Å². The van der Waals surface area contributed by atoms with Crippen molar-refractivity contribution in [2.24, 2.45) is 0 Å². The van der Waals surface area contributed by atoms with Gasteiger partial charge in [-0.2, -0.15) is 4.98 Å². The number of anilines is 1. The SMILES string of the molecule is O=c1[nH]c(NCC2=CC=CC2)nc2c1ncn2[C@H]1C[C@H](O)[C@@H](COP(=O)(O)O)O1. The van der Waals surface area contributed by atoms with Gasteiger partial charge in [0.1, 0.15) is 12.3 Å². The summed E-state index contributed by atoms with van der Waals surface area (Å²) in [6.07, 6.45) is 5.65. The maximum absolute atomic E-state index is 12.3. The molecule has 3 atom stereocenters. The Morgan fingerprint density at radius 1 is 1.45 bits per heavy atom. The minimum absolute atomic E-state index is 0.116. The summed E-state index contributed by atoms with van der Waals surface area (Å²) in [5.41, 5.74) is 1.11. The number of nitrogens with zero attached hydrogens (tertiary/aromatic N) is 3. The molecular formula is C16H20N5O7P. The lowest BCUT2D eigenvalue weighted by molar-refractivity contribution is -0.0424. The number of hydrogen-bond acceptors (Lipinski definition) is 8. The normalized spacial score (nSPS) is 24.4. The summed E-state index contributed by atoms with van der Waals surface area (Å²) in [5, 5.41) is 13.2. The van der Waals surface area contributed by atoms with Gasteiger partial charge in [0, 0.05) is 13.0 Å². The average molecular weight is 425 g/mol. The van der Waals surface area contributed by atoms with Gasteiger partial charge >= 0.3 is 7.82 Å². The quantitative estimate of drug-likeness (QED) is 0.385. The number of aromatic amines is 1. The molecule has 0 amide bonds. The summed E-state index contributed by atoms with van der Waals surface area (Å²) in [5.74, 6) is 0.275. The molecule has 1 aliphatic carbocycles. The highest BCUT2D eigenvalue weighted by molar-refractivity contribution is 7.46. The molecule has 0 bridgehead atoms. The number of phosphoric acid groups is 1. The summed E-state index contributed by atoms with van der Waals surface area (Å²) in [6, 6.07) is 0. The fourth-order valence-electron chi connectivity index (χ4n) is 3.25. The molecule has 1 aliphatic heterocycles. The lowest BCUT2D eigenvalue weighted by Crippen LogP contribution is -2.25. The number of aliphatic hydroxyl groups excluding tert-OH is 1. The molecule has 2 aromatic heterocycles. The van der Waals surface area contributed by atoms with E-state index in [1.807, 2.05) is 18.2 Å². The van der Waals surface area contributed by atoms with Gasteiger partial charge in [0.05, 0.1) is 19.0 Å². The van der Waals surface area contributed by atoms with Crippen LogP contribution < -0.4 is 10.9 Å². The summed E-state index contributed by atoms with van der Waals surface area (Å²) >= 11 is 0. The fourth-order valence-corrected chi connectivity index (χ4v) is 3.59. The molecule has 5 N–H and O–H groups in total. The first-order valence-corrected chi connectivity index (χ1v) is 10.4. The van der Waals surface area contributed by atoms with Crippen LogP contribution in [0.4, 0.5) is 5.95 Å². The van der Waals surface area contributed by atoms with E-state index >= 15 is 0 Å². The van der Waals surface area contributed by atoms with Crippen LogP contribution in [-0.2, 0) is 13.8 Å². The van der Waals surface area contributed by atoms with Gasteiger partial charge < -0.3 is 24.9 Å². The molecule has 3 heterocycles. The minimum Gasteiger partial charge on any atom is -0.390 e. The van der Waals surface area contributed by atoms with Crippen molar-refractivity contribution in [2.75, 3.05) is 18.5 Å². The molecule has 12 nitrogen and oxygen atoms in total. The van der Waals surface area contributed by atoms with E-state index in [0.29, 0.717) is 6.54 Å². The maximum Gasteiger partial charge on any atom is 0.469 e. The van der Waals surface area contributed by atoms with Crippen LogP contribution in [-0.4, -0.2) is 59.8 Å². The van der Waals surface area contributed by atoms with Crippen LogP contribution in [0, 0.1) is 0 Å². The van der Waals surface area contributed by atoms with Crippen LogP contribution in [0.2, 0.25) is 0 Å². The molecule has 2 aliphatic rings. The number of aromatic nitrogens is 4. The molecule has 1 saturated heterocycles. The molecule has 156 valence electrons. The minimum atomic E-state index is -4.68. The summed E-state index contributed by atoms with van der Waals surface area (Å²) in [6.45, 7) is 0.0502. The number of rotatable bonds is 7. The monoisotopic (exact) mass is 425 g/mol. The van der Waals surface area contributed by atoms with Crippen molar-refractivity contribution in [2.45, 2.75) is 31.3 Å². The number of aliphatic hydroxyl groups is 1. The molecule has 1 fully saturated rings. The highest BCUT2D eigenvalue weighted by Crippen LogP contribution is 2.38. The van der Waals surface area contributed by atoms with Crippen molar-refractivity contribution in [1.29, 1.82) is 0 Å². The van der Waals surface area contributed by atoms with E-state index in [2.05, 4.69) is 24.8 Å². The van der Waals surface area contributed by atoms with Gasteiger partial charge in [0.25, 0.3) is 5.56 Å². The van der Waals surface area contributed by atoms with E-state index in [-0.39, 0.29) is 23.5 Å². The fraction of sp³-hybridized carbons (Fsp3) is 0.438. The molecule has 0 radical (unpaired) electrons. The third-order valence-electron chi connectivity index (χ3n) is 4.68. The van der Waals surface area contributed by atoms with Gasteiger partial charge in [-0.15, -0.1) is 0 Å². The van der Waals surface area contributed by atoms with Crippen LogP contribution in [0.15, 0.2) is 34.9 Å². The molecule has 0 spiro atoms. The Morgan fingerprint density at radius 2 is 2.28 bits per heavy atom. The van der Waals surface area contributed by atoms with E-state index in [1.54, 1.807) is 0 Å². The van der Waals surface area contributed by atoms with Crippen LogP contribution in [0.1, 0.15) is 19.1 Å². The number of imidazole rings is 1.